The second-order valence-electron chi connectivity index (χ2n) is 2.74. The number of amides is 1. The number of carbonyl (C=O) groups excluding carboxylic acids is 1. The molecule has 0 bridgehead atoms. The Morgan fingerprint density at radius 3 is 2.22 bits per heavy atom. The van der Waals surface area contributed by atoms with E-state index in [1.54, 1.807) is 12.1 Å². The summed E-state index contributed by atoms with van der Waals surface area (Å²) < 4.78 is 28.8. The molecule has 0 aliphatic heterocycles. The predicted molar refractivity (Wildman–Crippen MR) is 62.5 cm³/mol. The predicted octanol–water partition coefficient (Wildman–Crippen LogP) is -0.0347. The van der Waals surface area contributed by atoms with E-state index in [-0.39, 0.29) is 5.91 Å². The average Bonchev–Trinajstić information content (AvgIpc) is 2.83. The molecule has 0 aliphatic rings. The summed E-state index contributed by atoms with van der Waals surface area (Å²) in [6.07, 6.45) is 1.96. The molecule has 18 heavy (non-hydrogen) atoms. The van der Waals surface area contributed by atoms with E-state index in [0.717, 1.165) is 12.7 Å². The summed E-state index contributed by atoms with van der Waals surface area (Å²) in [4.78, 5) is 20.7. The zero-order valence-electron chi connectivity index (χ0n) is 8.79. The standard InChI is InChI=1S/C5H5NOS.C3H3N3O3S/c6-5(7)4-2-1-3-8-4;7-10(8,9)3-5-1-4-2-6-3/h1-3H,(H2,6,7);1-2H,(H,7,8,9). The highest BCUT2D eigenvalue weighted by Gasteiger charge is 2.10. The van der Waals surface area contributed by atoms with Gasteiger partial charge in [0.15, 0.2) is 0 Å². The van der Waals surface area contributed by atoms with Gasteiger partial charge in [-0.15, -0.1) is 11.3 Å². The van der Waals surface area contributed by atoms with Crippen molar-refractivity contribution in [3.05, 3.63) is 35.0 Å². The fraction of sp³-hybridized carbons (Fsp3) is 0. The number of hydrogen-bond acceptors (Lipinski definition) is 7. The van der Waals surface area contributed by atoms with Gasteiger partial charge in [0.1, 0.15) is 12.7 Å². The molecular formula is C8H8N4O4S2. The van der Waals surface area contributed by atoms with Crippen molar-refractivity contribution in [2.75, 3.05) is 0 Å². The van der Waals surface area contributed by atoms with E-state index in [4.69, 9.17) is 10.3 Å². The van der Waals surface area contributed by atoms with E-state index < -0.39 is 15.3 Å². The second-order valence-corrected chi connectivity index (χ2v) is 5.00. The molecule has 0 saturated heterocycles. The first-order valence-corrected chi connectivity index (χ1v) is 6.66. The molecule has 2 heterocycles. The van der Waals surface area contributed by atoms with Crippen molar-refractivity contribution < 1.29 is 17.8 Å². The van der Waals surface area contributed by atoms with Gasteiger partial charge >= 0.3 is 10.1 Å². The van der Waals surface area contributed by atoms with Gasteiger partial charge in [-0.1, -0.05) is 6.07 Å². The maximum atomic E-state index is 10.3. The van der Waals surface area contributed by atoms with Crippen LogP contribution in [0.25, 0.3) is 0 Å². The molecular weight excluding hydrogens is 280 g/mol. The van der Waals surface area contributed by atoms with Gasteiger partial charge in [-0.25, -0.2) is 15.0 Å². The number of nitrogens with two attached hydrogens (primary N) is 1. The lowest BCUT2D eigenvalue weighted by molar-refractivity contribution is 0.100. The summed E-state index contributed by atoms with van der Waals surface area (Å²) in [7, 11) is -4.27. The first-order valence-electron chi connectivity index (χ1n) is 4.34. The second kappa shape index (κ2) is 6.14. The minimum atomic E-state index is -4.27. The number of nitrogens with zero attached hydrogens (tertiary/aromatic N) is 3. The maximum Gasteiger partial charge on any atom is 0.330 e. The molecule has 0 saturated carbocycles. The Morgan fingerprint density at radius 1 is 1.33 bits per heavy atom. The van der Waals surface area contributed by atoms with Crippen molar-refractivity contribution in [3.63, 3.8) is 0 Å². The van der Waals surface area contributed by atoms with Gasteiger partial charge in [-0.3, -0.25) is 9.35 Å². The van der Waals surface area contributed by atoms with Crippen LogP contribution in [0.15, 0.2) is 35.3 Å². The van der Waals surface area contributed by atoms with Crippen LogP contribution in [0.4, 0.5) is 0 Å². The smallest absolute Gasteiger partial charge is 0.330 e. The third-order valence-corrected chi connectivity index (χ3v) is 3.02. The third kappa shape index (κ3) is 4.53. The van der Waals surface area contributed by atoms with Crippen LogP contribution < -0.4 is 5.73 Å². The summed E-state index contributed by atoms with van der Waals surface area (Å²) in [6, 6.07) is 3.50. The van der Waals surface area contributed by atoms with Gasteiger partial charge in [-0.2, -0.15) is 8.42 Å². The molecule has 1 amide bonds. The fourth-order valence-electron chi connectivity index (χ4n) is 0.781. The quantitative estimate of drug-likeness (QED) is 0.740. The van der Waals surface area contributed by atoms with Crippen molar-refractivity contribution in [3.8, 4) is 0 Å². The zero-order valence-corrected chi connectivity index (χ0v) is 10.4. The SMILES string of the molecule is NC(=O)c1cccs1.O=S(=O)(O)c1ncncn1. The van der Waals surface area contributed by atoms with Crippen LogP contribution in [-0.2, 0) is 10.1 Å². The molecule has 2 aromatic heterocycles. The first kappa shape index (κ1) is 14.2. The topological polar surface area (TPSA) is 136 Å². The normalized spacial score (nSPS) is 10.3. The van der Waals surface area contributed by atoms with Gasteiger partial charge in [0.05, 0.1) is 4.88 Å². The number of carbonyl (C=O) groups is 1. The van der Waals surface area contributed by atoms with Gasteiger partial charge < -0.3 is 5.73 Å². The Bertz CT molecular complexity index is 597. The summed E-state index contributed by atoms with van der Waals surface area (Å²) in [5.41, 5.74) is 4.93. The molecule has 0 unspecified atom stereocenters. The van der Waals surface area contributed by atoms with E-state index in [2.05, 4.69) is 15.0 Å². The van der Waals surface area contributed by atoms with Crippen molar-refractivity contribution in [1.29, 1.82) is 0 Å². The average molecular weight is 288 g/mol. The molecule has 2 aromatic rings. The third-order valence-electron chi connectivity index (χ3n) is 1.46. The van der Waals surface area contributed by atoms with E-state index in [1.165, 1.54) is 11.3 Å². The lowest BCUT2D eigenvalue weighted by Gasteiger charge is -1.89. The zero-order chi connectivity index (χ0) is 13.6. The Labute approximate surface area is 106 Å². The maximum absolute atomic E-state index is 10.3. The highest BCUT2D eigenvalue weighted by molar-refractivity contribution is 7.85. The van der Waals surface area contributed by atoms with Crippen LogP contribution >= 0.6 is 11.3 Å². The molecule has 0 atom stereocenters. The van der Waals surface area contributed by atoms with Crippen LogP contribution in [0.5, 0.6) is 0 Å². The van der Waals surface area contributed by atoms with Crippen LogP contribution in [0.2, 0.25) is 0 Å². The van der Waals surface area contributed by atoms with E-state index in [9.17, 15) is 13.2 Å². The minimum Gasteiger partial charge on any atom is -0.365 e. The van der Waals surface area contributed by atoms with Crippen molar-refractivity contribution in [1.82, 2.24) is 15.0 Å². The van der Waals surface area contributed by atoms with Gasteiger partial charge in [0, 0.05) is 0 Å². The molecule has 2 rings (SSSR count). The molecule has 96 valence electrons. The Morgan fingerprint density at radius 2 is 1.94 bits per heavy atom. The molecule has 0 fully saturated rings. The molecule has 3 N–H and O–H groups in total. The molecule has 0 aromatic carbocycles. The molecule has 0 aliphatic carbocycles. The van der Waals surface area contributed by atoms with E-state index in [1.807, 2.05) is 5.38 Å². The number of rotatable bonds is 2. The molecule has 0 spiro atoms. The molecule has 0 radical (unpaired) electrons. The number of thiophene rings is 1. The van der Waals surface area contributed by atoms with E-state index in [0.29, 0.717) is 4.88 Å². The van der Waals surface area contributed by atoms with Crippen LogP contribution in [0, 0.1) is 0 Å². The van der Waals surface area contributed by atoms with Crippen LogP contribution in [0.3, 0.4) is 0 Å². The summed E-state index contributed by atoms with van der Waals surface area (Å²) in [5.74, 6) is -0.347. The monoisotopic (exact) mass is 288 g/mol. The highest BCUT2D eigenvalue weighted by Crippen LogP contribution is 2.05. The Kier molecular flexibility index (Phi) is 4.83. The number of hydrogen-bond donors (Lipinski definition) is 2. The number of aromatic nitrogens is 3. The lowest BCUT2D eigenvalue weighted by atomic mass is 10.5. The first-order chi connectivity index (χ1) is 8.41. The van der Waals surface area contributed by atoms with Gasteiger partial charge in [-0.05, 0) is 11.4 Å². The Balaban J connectivity index is 0.000000184. The molecule has 8 nitrogen and oxygen atoms in total. The lowest BCUT2D eigenvalue weighted by Crippen LogP contribution is -2.07. The highest BCUT2D eigenvalue weighted by atomic mass is 32.2. The Hall–Kier alpha value is -1.91. The molecule has 10 heteroatoms. The van der Waals surface area contributed by atoms with Crippen molar-refractivity contribution in [2.24, 2.45) is 5.73 Å². The van der Waals surface area contributed by atoms with Crippen molar-refractivity contribution in [2.45, 2.75) is 5.16 Å². The van der Waals surface area contributed by atoms with Gasteiger partial charge in [0.25, 0.3) is 11.1 Å². The van der Waals surface area contributed by atoms with E-state index >= 15 is 0 Å². The summed E-state index contributed by atoms with van der Waals surface area (Å²) in [5, 5.41) is 1.18. The van der Waals surface area contributed by atoms with Crippen molar-refractivity contribution >= 4 is 27.4 Å². The summed E-state index contributed by atoms with van der Waals surface area (Å²) >= 11 is 1.36. The largest absolute Gasteiger partial charge is 0.365 e. The number of primary amides is 1. The van der Waals surface area contributed by atoms with Crippen LogP contribution in [0.1, 0.15) is 9.67 Å². The van der Waals surface area contributed by atoms with Crippen LogP contribution in [-0.4, -0.2) is 33.8 Å². The van der Waals surface area contributed by atoms with Gasteiger partial charge in [0.2, 0.25) is 0 Å². The fourth-order valence-corrected chi connectivity index (χ4v) is 1.72. The summed E-state index contributed by atoms with van der Waals surface area (Å²) in [6.45, 7) is 0. The minimum absolute atomic E-state index is 0.347.